The molecule has 7 rings (SSSR count). The molecule has 0 spiro atoms. The lowest BCUT2D eigenvalue weighted by Crippen LogP contribution is -2.70. The lowest BCUT2D eigenvalue weighted by atomic mass is 9.53. The minimum Gasteiger partial charge on any atom is -0.274 e. The molecule has 2 aromatic carbocycles. The molecule has 0 aromatic heterocycles. The van der Waals surface area contributed by atoms with E-state index in [1.807, 2.05) is 37.3 Å². The molecule has 0 unspecified atom stereocenters. The van der Waals surface area contributed by atoms with Gasteiger partial charge in [0.15, 0.2) is 0 Å². The molecule has 158 valence electrons. The Labute approximate surface area is 181 Å². The van der Waals surface area contributed by atoms with E-state index in [0.29, 0.717) is 12.2 Å². The molecule has 2 aliphatic heterocycles. The maximum atomic E-state index is 13.4. The van der Waals surface area contributed by atoms with Crippen molar-refractivity contribution < 1.29 is 18.0 Å². The molecule has 1 saturated carbocycles. The van der Waals surface area contributed by atoms with Crippen LogP contribution in [0.25, 0.3) is 0 Å². The number of hydrogen-bond donors (Lipinski definition) is 0. The highest BCUT2D eigenvalue weighted by molar-refractivity contribution is 7.89. The lowest BCUT2D eigenvalue weighted by Gasteiger charge is -2.60. The summed E-state index contributed by atoms with van der Waals surface area (Å²) in [5.41, 5.74) is 1.58. The molecule has 5 aliphatic rings. The molecule has 2 saturated heterocycles. The van der Waals surface area contributed by atoms with Crippen LogP contribution < -0.4 is 4.90 Å². The molecular weight excluding hydrogens is 412 g/mol. The van der Waals surface area contributed by atoms with Crippen LogP contribution >= 0.6 is 0 Å². The van der Waals surface area contributed by atoms with Gasteiger partial charge in [0.1, 0.15) is 0 Å². The van der Waals surface area contributed by atoms with Gasteiger partial charge in [0.05, 0.1) is 22.4 Å². The zero-order valence-corrected chi connectivity index (χ0v) is 17.8. The number of amides is 2. The van der Waals surface area contributed by atoms with E-state index in [9.17, 15) is 18.0 Å². The van der Waals surface area contributed by atoms with Crippen LogP contribution in [0.4, 0.5) is 5.69 Å². The van der Waals surface area contributed by atoms with Gasteiger partial charge in [0.2, 0.25) is 21.8 Å². The standard InChI is InChI=1S/C24H22N2O4S/c1-14-7-9-16(10-8-14)31(29,30)25-13-19-17-11-12-18(22(19)25)21-20(17)23(27)26(24(21)28)15-5-3-2-4-6-15/h2-12,17-22H,13H2,1H3/t17-,18+,19-,20+,21+,22-/m0/s1. The minimum absolute atomic E-state index is 0.0731. The van der Waals surface area contributed by atoms with E-state index < -0.39 is 21.9 Å². The van der Waals surface area contributed by atoms with E-state index >= 15 is 0 Å². The number of carbonyl (C=O) groups excluding carboxylic acids is 2. The van der Waals surface area contributed by atoms with Crippen molar-refractivity contribution >= 4 is 27.5 Å². The van der Waals surface area contributed by atoms with Gasteiger partial charge in [-0.05, 0) is 43.0 Å². The van der Waals surface area contributed by atoms with Crippen LogP contribution in [0.1, 0.15) is 5.56 Å². The third-order valence-electron chi connectivity index (χ3n) is 7.48. The van der Waals surface area contributed by atoms with Crippen molar-refractivity contribution in [3.8, 4) is 0 Å². The smallest absolute Gasteiger partial charge is 0.243 e. The zero-order chi connectivity index (χ0) is 21.5. The van der Waals surface area contributed by atoms with E-state index in [1.54, 1.807) is 40.7 Å². The summed E-state index contributed by atoms with van der Waals surface area (Å²) in [4.78, 5) is 28.3. The van der Waals surface area contributed by atoms with E-state index in [1.165, 1.54) is 4.90 Å². The average molecular weight is 435 g/mol. The van der Waals surface area contributed by atoms with Gasteiger partial charge >= 0.3 is 0 Å². The number of nitrogens with zero attached hydrogens (tertiary/aromatic N) is 2. The second kappa shape index (κ2) is 6.37. The highest BCUT2D eigenvalue weighted by atomic mass is 32.2. The first-order chi connectivity index (χ1) is 14.9. The highest BCUT2D eigenvalue weighted by Gasteiger charge is 2.68. The summed E-state index contributed by atoms with van der Waals surface area (Å²) >= 11 is 0. The Balaban J connectivity index is 1.35. The summed E-state index contributed by atoms with van der Waals surface area (Å²) in [5, 5.41) is 0. The fourth-order valence-electron chi connectivity index (χ4n) is 6.03. The third kappa shape index (κ3) is 2.44. The predicted molar refractivity (Wildman–Crippen MR) is 114 cm³/mol. The normalized spacial score (nSPS) is 33.9. The second-order valence-corrected chi connectivity index (χ2v) is 10.9. The van der Waals surface area contributed by atoms with Gasteiger partial charge < -0.3 is 0 Å². The van der Waals surface area contributed by atoms with Crippen LogP contribution in [0.2, 0.25) is 0 Å². The summed E-state index contributed by atoms with van der Waals surface area (Å²) in [7, 11) is -3.65. The van der Waals surface area contributed by atoms with Crippen LogP contribution in [0.15, 0.2) is 71.6 Å². The SMILES string of the molecule is Cc1ccc(S(=O)(=O)N2C[C@H]3[C@@H]4C=C[C@H]([C@H]5C(=O)N(c6ccccc6)C(=O)[C@H]45)[C@@H]32)cc1. The number of sulfonamides is 1. The number of anilines is 1. The van der Waals surface area contributed by atoms with Crippen molar-refractivity contribution in [3.63, 3.8) is 0 Å². The Kier molecular flexibility index (Phi) is 3.90. The fraction of sp³-hybridized carbons (Fsp3) is 0.333. The molecule has 2 amide bonds. The van der Waals surface area contributed by atoms with Gasteiger partial charge in [-0.1, -0.05) is 48.0 Å². The van der Waals surface area contributed by atoms with Gasteiger partial charge in [-0.2, -0.15) is 4.31 Å². The number of carbonyl (C=O) groups is 2. The third-order valence-corrected chi connectivity index (χ3v) is 9.35. The molecule has 0 radical (unpaired) electrons. The van der Waals surface area contributed by atoms with Crippen molar-refractivity contribution in [2.24, 2.45) is 29.6 Å². The van der Waals surface area contributed by atoms with Crippen molar-refractivity contribution in [3.05, 3.63) is 72.3 Å². The summed E-state index contributed by atoms with van der Waals surface area (Å²) < 4.78 is 28.2. The van der Waals surface area contributed by atoms with Gasteiger partial charge in [0.25, 0.3) is 0 Å². The Morgan fingerprint density at radius 3 is 2.13 bits per heavy atom. The van der Waals surface area contributed by atoms with Crippen molar-refractivity contribution in [1.29, 1.82) is 0 Å². The zero-order valence-electron chi connectivity index (χ0n) is 17.0. The first-order valence-corrected chi connectivity index (χ1v) is 12.0. The van der Waals surface area contributed by atoms with Crippen molar-refractivity contribution in [1.82, 2.24) is 4.31 Å². The lowest BCUT2D eigenvalue weighted by molar-refractivity contribution is -0.135. The number of para-hydroxylation sites is 1. The largest absolute Gasteiger partial charge is 0.274 e. The Morgan fingerprint density at radius 1 is 0.839 bits per heavy atom. The summed E-state index contributed by atoms with van der Waals surface area (Å²) in [5.74, 6) is -1.57. The van der Waals surface area contributed by atoms with Gasteiger partial charge in [0, 0.05) is 18.5 Å². The molecule has 3 fully saturated rings. The molecular formula is C24H22N2O4S. The van der Waals surface area contributed by atoms with Crippen LogP contribution in [-0.2, 0) is 19.6 Å². The van der Waals surface area contributed by atoms with E-state index in [-0.39, 0.29) is 40.5 Å². The Bertz CT molecular complexity index is 1220. The van der Waals surface area contributed by atoms with Crippen molar-refractivity contribution in [2.45, 2.75) is 17.9 Å². The molecule has 31 heavy (non-hydrogen) atoms. The predicted octanol–water partition coefficient (Wildman–Crippen LogP) is 2.61. The first kappa shape index (κ1) is 19.0. The summed E-state index contributed by atoms with van der Waals surface area (Å²) in [6.07, 6.45) is 4.02. The quantitative estimate of drug-likeness (QED) is 0.550. The number of rotatable bonds is 3. The molecule has 3 aliphatic carbocycles. The molecule has 2 aromatic rings. The second-order valence-electron chi connectivity index (χ2n) is 8.98. The van der Waals surface area contributed by atoms with Crippen LogP contribution in [-0.4, -0.2) is 37.1 Å². The number of imide groups is 1. The Hall–Kier alpha value is -2.77. The molecule has 6 atom stereocenters. The number of hydrogen-bond acceptors (Lipinski definition) is 4. The topological polar surface area (TPSA) is 74.8 Å². The van der Waals surface area contributed by atoms with Gasteiger partial charge in [-0.25, -0.2) is 8.42 Å². The molecule has 0 N–H and O–H groups in total. The van der Waals surface area contributed by atoms with Crippen LogP contribution in [0.3, 0.4) is 0 Å². The monoisotopic (exact) mass is 434 g/mol. The fourth-order valence-corrected chi connectivity index (χ4v) is 7.77. The summed E-state index contributed by atoms with van der Waals surface area (Å²) in [6.45, 7) is 2.31. The van der Waals surface area contributed by atoms with E-state index in [2.05, 4.69) is 0 Å². The summed E-state index contributed by atoms with van der Waals surface area (Å²) in [6, 6.07) is 15.6. The molecule has 2 heterocycles. The van der Waals surface area contributed by atoms with Crippen LogP contribution in [0.5, 0.6) is 0 Å². The Morgan fingerprint density at radius 2 is 1.45 bits per heavy atom. The minimum atomic E-state index is -3.65. The van der Waals surface area contributed by atoms with Crippen LogP contribution in [0, 0.1) is 36.5 Å². The van der Waals surface area contributed by atoms with E-state index in [4.69, 9.17) is 0 Å². The number of allylic oxidation sites excluding steroid dienone is 1. The highest BCUT2D eigenvalue weighted by Crippen LogP contribution is 2.58. The van der Waals surface area contributed by atoms with Gasteiger partial charge in [-0.3, -0.25) is 14.5 Å². The average Bonchev–Trinajstić information content (AvgIpc) is 3.01. The maximum absolute atomic E-state index is 13.4. The number of aryl methyl sites for hydroxylation is 1. The molecule has 2 bridgehead atoms. The molecule has 6 nitrogen and oxygen atoms in total. The number of benzene rings is 2. The first-order valence-electron chi connectivity index (χ1n) is 10.6. The van der Waals surface area contributed by atoms with Gasteiger partial charge in [-0.15, -0.1) is 0 Å². The maximum Gasteiger partial charge on any atom is 0.243 e. The van der Waals surface area contributed by atoms with Crippen molar-refractivity contribution in [2.75, 3.05) is 11.4 Å². The van der Waals surface area contributed by atoms with E-state index in [0.717, 1.165) is 5.56 Å². The molecule has 7 heteroatoms.